The fourth-order valence-corrected chi connectivity index (χ4v) is 0.888. The summed E-state index contributed by atoms with van der Waals surface area (Å²) in [5.74, 6) is 0. The van der Waals surface area contributed by atoms with Gasteiger partial charge in [0.1, 0.15) is 0 Å². The van der Waals surface area contributed by atoms with Crippen LogP contribution in [0.1, 0.15) is 19.4 Å². The van der Waals surface area contributed by atoms with Crippen LogP contribution in [0.4, 0.5) is 0 Å². The Bertz CT molecular complexity index is 221. The van der Waals surface area contributed by atoms with Crippen LogP contribution in [0.3, 0.4) is 0 Å². The molecule has 0 radical (unpaired) electrons. The zero-order valence-electron chi connectivity index (χ0n) is 7.70. The maximum atomic E-state index is 10.3. The van der Waals surface area contributed by atoms with Gasteiger partial charge in [0.25, 0.3) is 0 Å². The Morgan fingerprint density at radius 2 is 1.67 bits per heavy atom. The third kappa shape index (κ3) is 3.26. The molecule has 0 saturated heterocycles. The minimum Gasteiger partial charge on any atom is -0.723 e. The van der Waals surface area contributed by atoms with Gasteiger partial charge in [-0.1, -0.05) is 30.3 Å². The van der Waals surface area contributed by atoms with Gasteiger partial charge < -0.3 is 10.1 Å². The summed E-state index contributed by atoms with van der Waals surface area (Å²) in [5.41, 5.74) is 0.177. The third-order valence-corrected chi connectivity index (χ3v) is 1.68. The molecule has 0 aliphatic carbocycles. The van der Waals surface area contributed by atoms with Gasteiger partial charge >= 0.3 is 51.4 Å². The first kappa shape index (κ1) is 12.8. The molecular weight excluding hydrogens is 179 g/mol. The van der Waals surface area contributed by atoms with Crippen LogP contribution in [-0.2, 0) is 10.5 Å². The van der Waals surface area contributed by atoms with E-state index in [4.69, 9.17) is 0 Å². The van der Waals surface area contributed by atoms with E-state index in [1.807, 2.05) is 30.3 Å². The van der Waals surface area contributed by atoms with Crippen LogP contribution < -0.4 is 56.6 Å². The molecule has 1 rings (SSSR count). The molecule has 0 heterocycles. The molecule has 0 aromatic heterocycles. The summed E-state index contributed by atoms with van der Waals surface area (Å²) in [7, 11) is 0. The van der Waals surface area contributed by atoms with Crippen molar-refractivity contribution in [1.82, 2.24) is 0 Å². The molecule has 0 atom stereocenters. The van der Waals surface area contributed by atoms with E-state index in [1.165, 1.54) is 0 Å². The summed E-state index contributed by atoms with van der Waals surface area (Å²) < 4.78 is 0. The Balaban J connectivity index is 0.00000121. The fraction of sp³-hybridized carbons (Fsp3) is 0.333. The zero-order chi connectivity index (χ0) is 8.32. The van der Waals surface area contributed by atoms with Crippen LogP contribution in [-0.4, -0.2) is 0 Å². The van der Waals surface area contributed by atoms with Crippen LogP contribution in [0, 0.1) is 0 Å². The van der Waals surface area contributed by atoms with Gasteiger partial charge in [0.2, 0.25) is 0 Å². The summed E-state index contributed by atoms with van der Waals surface area (Å²) >= 11 is 0. The van der Waals surface area contributed by atoms with Gasteiger partial charge in [-0.2, -0.15) is 0 Å². The topological polar surface area (TPSA) is 32.3 Å². The first-order valence-corrected chi connectivity index (χ1v) is 3.53. The molecule has 0 aliphatic rings. The third-order valence-electron chi connectivity index (χ3n) is 1.68. The van der Waals surface area contributed by atoms with Crippen molar-refractivity contribution >= 4 is 0 Å². The number of rotatable bonds is 2. The summed E-state index contributed by atoms with van der Waals surface area (Å²) in [4.78, 5) is 4.07. The predicted molar refractivity (Wildman–Crippen MR) is 40.6 cm³/mol. The molecule has 12 heavy (non-hydrogen) atoms. The van der Waals surface area contributed by atoms with Crippen LogP contribution in [0.5, 0.6) is 0 Å². The monoisotopic (exact) mass is 190 g/mol. The summed E-state index contributed by atoms with van der Waals surface area (Å²) in [5, 5.41) is 10.3. The van der Waals surface area contributed by atoms with Crippen molar-refractivity contribution in [2.75, 3.05) is 0 Å². The average molecular weight is 190 g/mol. The molecular formula is C9H11KO2. The van der Waals surface area contributed by atoms with Gasteiger partial charge in [0.05, 0.1) is 5.60 Å². The van der Waals surface area contributed by atoms with E-state index in [-0.39, 0.29) is 51.4 Å². The summed E-state index contributed by atoms with van der Waals surface area (Å²) in [6, 6.07) is 9.42. The van der Waals surface area contributed by atoms with Crippen LogP contribution >= 0.6 is 0 Å². The maximum absolute atomic E-state index is 10.3. The van der Waals surface area contributed by atoms with Crippen molar-refractivity contribution in [2.45, 2.75) is 19.4 Å². The second kappa shape index (κ2) is 5.49. The molecule has 3 heteroatoms. The SMILES string of the molecule is CC(C)(O[O-])c1ccccc1.[K+]. The van der Waals surface area contributed by atoms with Crippen LogP contribution in [0.25, 0.3) is 0 Å². The molecule has 60 valence electrons. The average Bonchev–Trinajstić information content (AvgIpc) is 2.06. The first-order valence-electron chi connectivity index (χ1n) is 3.53. The Morgan fingerprint density at radius 3 is 2.08 bits per heavy atom. The minimum absolute atomic E-state index is 0. The molecule has 0 unspecified atom stereocenters. The van der Waals surface area contributed by atoms with Gasteiger partial charge in [-0.05, 0) is 19.4 Å². The molecule has 2 nitrogen and oxygen atoms in total. The first-order chi connectivity index (χ1) is 5.17. The smallest absolute Gasteiger partial charge is 0.723 e. The van der Waals surface area contributed by atoms with E-state index < -0.39 is 5.60 Å². The molecule has 0 N–H and O–H groups in total. The Hall–Kier alpha value is 0.776. The molecule has 0 spiro atoms. The van der Waals surface area contributed by atoms with Gasteiger partial charge in [0.15, 0.2) is 0 Å². The van der Waals surface area contributed by atoms with E-state index in [0.29, 0.717) is 0 Å². The number of hydrogen-bond acceptors (Lipinski definition) is 2. The molecule has 1 aromatic carbocycles. The van der Waals surface area contributed by atoms with E-state index in [0.717, 1.165) is 5.56 Å². The van der Waals surface area contributed by atoms with E-state index in [2.05, 4.69) is 4.89 Å². The molecule has 0 aliphatic heterocycles. The van der Waals surface area contributed by atoms with Gasteiger partial charge in [-0.15, -0.1) is 0 Å². The summed E-state index contributed by atoms with van der Waals surface area (Å²) in [6.45, 7) is 3.49. The van der Waals surface area contributed by atoms with E-state index in [1.54, 1.807) is 13.8 Å². The normalized spacial score (nSPS) is 10.6. The largest absolute Gasteiger partial charge is 1.00 e. The quantitative estimate of drug-likeness (QED) is 0.314. The van der Waals surface area contributed by atoms with Gasteiger partial charge in [0, 0.05) is 0 Å². The van der Waals surface area contributed by atoms with Crippen molar-refractivity contribution in [2.24, 2.45) is 0 Å². The molecule has 0 saturated carbocycles. The zero-order valence-corrected chi connectivity index (χ0v) is 10.8. The molecule has 0 fully saturated rings. The molecule has 0 bridgehead atoms. The molecule has 1 aromatic rings. The predicted octanol–water partition coefficient (Wildman–Crippen LogP) is -1.78. The van der Waals surface area contributed by atoms with Crippen molar-refractivity contribution in [3.8, 4) is 0 Å². The van der Waals surface area contributed by atoms with Gasteiger partial charge in [-0.3, -0.25) is 0 Å². The Kier molecular flexibility index (Phi) is 5.85. The second-order valence-electron chi connectivity index (χ2n) is 2.96. The maximum Gasteiger partial charge on any atom is 1.00 e. The molecule has 0 amide bonds. The van der Waals surface area contributed by atoms with E-state index >= 15 is 0 Å². The van der Waals surface area contributed by atoms with Gasteiger partial charge in [-0.25, -0.2) is 0 Å². The Labute approximate surface area is 115 Å². The minimum atomic E-state index is -0.721. The number of benzene rings is 1. The van der Waals surface area contributed by atoms with Crippen LogP contribution in [0.15, 0.2) is 30.3 Å². The fourth-order valence-electron chi connectivity index (χ4n) is 0.888. The second-order valence-corrected chi connectivity index (χ2v) is 2.96. The van der Waals surface area contributed by atoms with Crippen molar-refractivity contribution in [1.29, 1.82) is 0 Å². The van der Waals surface area contributed by atoms with Crippen LogP contribution in [0.2, 0.25) is 0 Å². The summed E-state index contributed by atoms with van der Waals surface area (Å²) in [6.07, 6.45) is 0. The van der Waals surface area contributed by atoms with Crippen molar-refractivity contribution in [3.05, 3.63) is 35.9 Å². The Morgan fingerprint density at radius 1 is 1.17 bits per heavy atom. The number of hydrogen-bond donors (Lipinski definition) is 0. The standard InChI is InChI=1S/C9H12O2.K/c1-9(2,11-10)8-6-4-3-5-7-8;/h3-7,10H,1-2H3;/q;+1/p-1. The van der Waals surface area contributed by atoms with Crippen molar-refractivity contribution < 1.29 is 61.5 Å². The van der Waals surface area contributed by atoms with Crippen molar-refractivity contribution in [3.63, 3.8) is 0 Å². The van der Waals surface area contributed by atoms with E-state index in [9.17, 15) is 5.26 Å².